The number of aromatic nitrogens is 1. The number of rotatable bonds is 2. The number of anilines is 1. The van der Waals surface area contributed by atoms with Crippen LogP contribution in [0.4, 0.5) is 5.13 Å². The van der Waals surface area contributed by atoms with Gasteiger partial charge in [-0.25, -0.2) is 4.98 Å². The van der Waals surface area contributed by atoms with Crippen LogP contribution in [0.5, 0.6) is 0 Å². The summed E-state index contributed by atoms with van der Waals surface area (Å²) >= 11 is 1.19. The average molecular weight is 303 g/mol. The van der Waals surface area contributed by atoms with Crippen LogP contribution in [0.2, 0.25) is 0 Å². The van der Waals surface area contributed by atoms with E-state index < -0.39 is 11.9 Å². The number of thiazole rings is 1. The predicted octanol–water partition coefficient (Wildman–Crippen LogP) is 1.55. The maximum atomic E-state index is 12.4. The molecule has 1 unspecified atom stereocenters. The Balaban J connectivity index is 1.93. The summed E-state index contributed by atoms with van der Waals surface area (Å²) in [5.74, 6) is -1.93. The number of hydrogen-bond donors (Lipinski definition) is 2. The maximum Gasteiger partial charge on any atom is 0.312 e. The monoisotopic (exact) mass is 303 g/mol. The quantitative estimate of drug-likeness (QED) is 0.877. The molecule has 3 rings (SSSR count). The van der Waals surface area contributed by atoms with E-state index in [2.05, 4.69) is 4.98 Å². The molecule has 0 aliphatic carbocycles. The average Bonchev–Trinajstić information content (AvgIpc) is 2.91. The second-order valence-corrected chi connectivity index (χ2v) is 5.74. The summed E-state index contributed by atoms with van der Waals surface area (Å²) in [5, 5.41) is 11.3. The number of nitrogens with two attached hydrogens (primary N) is 1. The standard InChI is InChI=1S/C14H13N3O3S/c15-14-16-11(7-21-14)12(18)17-5-8-3-1-2-4-9(8)10(6-17)13(19)20/h1-4,7,10H,5-6H2,(H2,15,16)(H,19,20). The SMILES string of the molecule is Nc1nc(C(=O)N2Cc3ccccc3C(C(=O)O)C2)cs1. The molecular formula is C14H13N3O3S. The Kier molecular flexibility index (Phi) is 3.34. The number of benzene rings is 1. The zero-order valence-electron chi connectivity index (χ0n) is 11.0. The molecule has 0 spiro atoms. The second kappa shape index (κ2) is 5.17. The molecule has 6 nitrogen and oxygen atoms in total. The summed E-state index contributed by atoms with van der Waals surface area (Å²) in [6.45, 7) is 0.527. The lowest BCUT2D eigenvalue weighted by atomic mass is 9.89. The first-order chi connectivity index (χ1) is 10.1. The van der Waals surface area contributed by atoms with E-state index in [-0.39, 0.29) is 18.1 Å². The first kappa shape index (κ1) is 13.6. The summed E-state index contributed by atoms with van der Waals surface area (Å²) in [4.78, 5) is 29.3. The highest BCUT2D eigenvalue weighted by Crippen LogP contribution is 2.29. The van der Waals surface area contributed by atoms with Gasteiger partial charge >= 0.3 is 5.97 Å². The van der Waals surface area contributed by atoms with Crippen LogP contribution in [0.15, 0.2) is 29.6 Å². The van der Waals surface area contributed by atoms with E-state index in [1.807, 2.05) is 18.2 Å². The molecule has 0 bridgehead atoms. The van der Waals surface area contributed by atoms with Crippen molar-refractivity contribution in [2.24, 2.45) is 0 Å². The number of aliphatic carboxylic acids is 1. The number of fused-ring (bicyclic) bond motifs is 1. The molecule has 0 radical (unpaired) electrons. The van der Waals surface area contributed by atoms with E-state index in [1.54, 1.807) is 11.4 Å². The Morgan fingerprint density at radius 3 is 2.81 bits per heavy atom. The summed E-state index contributed by atoms with van der Waals surface area (Å²) < 4.78 is 0. The molecule has 1 atom stereocenters. The molecule has 0 saturated carbocycles. The van der Waals surface area contributed by atoms with Crippen molar-refractivity contribution in [1.29, 1.82) is 0 Å². The van der Waals surface area contributed by atoms with E-state index in [0.717, 1.165) is 11.1 Å². The summed E-state index contributed by atoms with van der Waals surface area (Å²) in [7, 11) is 0. The highest BCUT2D eigenvalue weighted by molar-refractivity contribution is 7.13. The van der Waals surface area contributed by atoms with Crippen LogP contribution >= 0.6 is 11.3 Å². The van der Waals surface area contributed by atoms with Crippen LogP contribution in [0.25, 0.3) is 0 Å². The first-order valence-corrected chi connectivity index (χ1v) is 7.25. The number of carboxylic acids is 1. The van der Waals surface area contributed by atoms with E-state index >= 15 is 0 Å². The highest BCUT2D eigenvalue weighted by Gasteiger charge is 2.33. The lowest BCUT2D eigenvalue weighted by Crippen LogP contribution is -2.40. The maximum absolute atomic E-state index is 12.4. The lowest BCUT2D eigenvalue weighted by molar-refractivity contribution is -0.139. The Hall–Kier alpha value is -2.41. The molecule has 21 heavy (non-hydrogen) atoms. The topological polar surface area (TPSA) is 96.5 Å². The fourth-order valence-electron chi connectivity index (χ4n) is 2.52. The molecule has 2 aromatic rings. The smallest absolute Gasteiger partial charge is 0.312 e. The van der Waals surface area contributed by atoms with Gasteiger partial charge < -0.3 is 15.7 Å². The minimum Gasteiger partial charge on any atom is -0.481 e. The normalized spacial score (nSPS) is 17.3. The molecular weight excluding hydrogens is 290 g/mol. The van der Waals surface area contributed by atoms with E-state index in [4.69, 9.17) is 5.73 Å². The van der Waals surface area contributed by atoms with Crippen LogP contribution < -0.4 is 5.73 Å². The molecule has 3 N–H and O–H groups in total. The van der Waals surface area contributed by atoms with Crippen LogP contribution in [0, 0.1) is 0 Å². The summed E-state index contributed by atoms with van der Waals surface area (Å²) in [6, 6.07) is 7.30. The van der Waals surface area contributed by atoms with Gasteiger partial charge in [0.25, 0.3) is 5.91 Å². The van der Waals surface area contributed by atoms with Crippen molar-refractivity contribution in [3.8, 4) is 0 Å². The number of nitrogen functional groups attached to an aromatic ring is 1. The summed E-state index contributed by atoms with van der Waals surface area (Å²) in [6.07, 6.45) is 0. The Morgan fingerprint density at radius 1 is 1.38 bits per heavy atom. The van der Waals surface area contributed by atoms with Crippen LogP contribution in [0.3, 0.4) is 0 Å². The van der Waals surface area contributed by atoms with Crippen LogP contribution in [-0.4, -0.2) is 33.4 Å². The van der Waals surface area contributed by atoms with Gasteiger partial charge in [0.2, 0.25) is 0 Å². The Bertz CT molecular complexity index is 713. The van der Waals surface area contributed by atoms with E-state index in [1.165, 1.54) is 16.2 Å². The number of carbonyl (C=O) groups excluding carboxylic acids is 1. The number of hydrogen-bond acceptors (Lipinski definition) is 5. The molecule has 0 fully saturated rings. The molecule has 0 saturated heterocycles. The number of amides is 1. The van der Waals surface area contributed by atoms with Gasteiger partial charge in [0.1, 0.15) is 5.69 Å². The zero-order valence-corrected chi connectivity index (χ0v) is 11.8. The lowest BCUT2D eigenvalue weighted by Gasteiger charge is -2.32. The van der Waals surface area contributed by atoms with E-state index in [9.17, 15) is 14.7 Å². The van der Waals surface area contributed by atoms with Crippen molar-refractivity contribution in [2.45, 2.75) is 12.5 Å². The van der Waals surface area contributed by atoms with Crippen molar-refractivity contribution in [3.63, 3.8) is 0 Å². The van der Waals surface area contributed by atoms with Crippen molar-refractivity contribution in [3.05, 3.63) is 46.5 Å². The second-order valence-electron chi connectivity index (χ2n) is 4.85. The van der Waals surface area contributed by atoms with E-state index in [0.29, 0.717) is 11.7 Å². The molecule has 1 amide bonds. The van der Waals surface area contributed by atoms with Gasteiger partial charge in [-0.05, 0) is 11.1 Å². The minimum atomic E-state index is -0.933. The number of carbonyl (C=O) groups is 2. The van der Waals surface area contributed by atoms with Crippen LogP contribution in [-0.2, 0) is 11.3 Å². The van der Waals surface area contributed by atoms with Crippen molar-refractivity contribution >= 4 is 28.3 Å². The first-order valence-electron chi connectivity index (χ1n) is 6.37. The van der Waals surface area contributed by atoms with Crippen molar-refractivity contribution in [1.82, 2.24) is 9.88 Å². The molecule has 1 aromatic carbocycles. The molecule has 108 valence electrons. The molecule has 7 heteroatoms. The van der Waals surface area contributed by atoms with Gasteiger partial charge in [-0.15, -0.1) is 11.3 Å². The third kappa shape index (κ3) is 2.47. The van der Waals surface area contributed by atoms with Gasteiger partial charge in [0, 0.05) is 18.5 Å². The van der Waals surface area contributed by atoms with Crippen molar-refractivity contribution in [2.75, 3.05) is 12.3 Å². The van der Waals surface area contributed by atoms with Crippen LogP contribution in [0.1, 0.15) is 27.5 Å². The highest BCUT2D eigenvalue weighted by atomic mass is 32.1. The third-order valence-electron chi connectivity index (χ3n) is 3.52. The molecule has 2 heterocycles. The Labute approximate surface area is 124 Å². The van der Waals surface area contributed by atoms with Gasteiger partial charge in [-0.2, -0.15) is 0 Å². The minimum absolute atomic E-state index is 0.141. The molecule has 1 aliphatic heterocycles. The van der Waals surface area contributed by atoms with Gasteiger partial charge in [-0.1, -0.05) is 24.3 Å². The summed E-state index contributed by atoms with van der Waals surface area (Å²) in [5.41, 5.74) is 7.43. The van der Waals surface area contributed by atoms with Crippen molar-refractivity contribution < 1.29 is 14.7 Å². The Morgan fingerprint density at radius 2 is 2.14 bits per heavy atom. The van der Waals surface area contributed by atoms with Gasteiger partial charge in [-0.3, -0.25) is 9.59 Å². The third-order valence-corrected chi connectivity index (χ3v) is 4.19. The van der Waals surface area contributed by atoms with Gasteiger partial charge in [0.15, 0.2) is 5.13 Å². The molecule has 1 aromatic heterocycles. The fraction of sp³-hybridized carbons (Fsp3) is 0.214. The number of carboxylic acid groups (broad SMARTS) is 1. The predicted molar refractivity (Wildman–Crippen MR) is 78.1 cm³/mol. The molecule has 1 aliphatic rings. The van der Waals surface area contributed by atoms with Gasteiger partial charge in [0.05, 0.1) is 5.92 Å². The fourth-order valence-corrected chi connectivity index (χ4v) is 3.06. The largest absolute Gasteiger partial charge is 0.481 e. The number of nitrogens with zero attached hydrogens (tertiary/aromatic N) is 2. The zero-order chi connectivity index (χ0) is 15.0.